The van der Waals surface area contributed by atoms with Crippen molar-refractivity contribution < 1.29 is 0 Å². The fraction of sp³-hybridized carbons (Fsp3) is 0.524. The molecule has 0 unspecified atom stereocenters. The van der Waals surface area contributed by atoms with Crippen LogP contribution in [-0.2, 0) is 19.6 Å². The molecular weight excluding hydrogens is 463 g/mol. The van der Waals surface area contributed by atoms with Crippen LogP contribution in [0.3, 0.4) is 0 Å². The van der Waals surface area contributed by atoms with Gasteiger partial charge in [0, 0.05) is 44.6 Å². The SMILES string of the molecule is CCNC(=NCc1ccccc1CN(C)C(C)C)NCCCn1cccn1.I. The lowest BCUT2D eigenvalue weighted by Gasteiger charge is -2.22. The van der Waals surface area contributed by atoms with E-state index >= 15 is 0 Å². The van der Waals surface area contributed by atoms with E-state index in [4.69, 9.17) is 4.99 Å². The number of benzene rings is 1. The zero-order valence-corrected chi connectivity index (χ0v) is 19.9. The molecule has 156 valence electrons. The standard InChI is InChI=1S/C21H34N6.HI/c1-5-22-21(23-12-8-14-27-15-9-13-25-27)24-16-19-10-6-7-11-20(19)17-26(4)18(2)3;/h6-7,9-11,13,15,18H,5,8,12,14,16-17H2,1-4H3,(H2,22,23,24);1H. The van der Waals surface area contributed by atoms with Crippen molar-refractivity contribution in [3.05, 3.63) is 53.9 Å². The molecule has 2 N–H and O–H groups in total. The van der Waals surface area contributed by atoms with E-state index in [-0.39, 0.29) is 24.0 Å². The van der Waals surface area contributed by atoms with E-state index in [0.29, 0.717) is 12.6 Å². The Morgan fingerprint density at radius 1 is 1.18 bits per heavy atom. The number of hydrogen-bond acceptors (Lipinski definition) is 3. The van der Waals surface area contributed by atoms with Crippen LogP contribution in [0, 0.1) is 0 Å². The molecule has 0 atom stereocenters. The smallest absolute Gasteiger partial charge is 0.191 e. The van der Waals surface area contributed by atoms with Gasteiger partial charge in [0.2, 0.25) is 0 Å². The van der Waals surface area contributed by atoms with Gasteiger partial charge in [-0.2, -0.15) is 5.10 Å². The number of halogens is 1. The molecular formula is C21H35IN6. The number of guanidine groups is 1. The Bertz CT molecular complexity index is 684. The summed E-state index contributed by atoms with van der Waals surface area (Å²) >= 11 is 0. The molecule has 0 saturated carbocycles. The van der Waals surface area contributed by atoms with Crippen LogP contribution in [0.2, 0.25) is 0 Å². The summed E-state index contributed by atoms with van der Waals surface area (Å²) in [5, 5.41) is 11.0. The molecule has 0 aliphatic heterocycles. The van der Waals surface area contributed by atoms with Gasteiger partial charge in [0.05, 0.1) is 6.54 Å². The minimum absolute atomic E-state index is 0. The third-order valence-corrected chi connectivity index (χ3v) is 4.59. The van der Waals surface area contributed by atoms with Crippen molar-refractivity contribution in [1.82, 2.24) is 25.3 Å². The summed E-state index contributed by atoms with van der Waals surface area (Å²) in [6.45, 7) is 10.8. The Kier molecular flexibility index (Phi) is 11.8. The number of aliphatic imine (C=N–C) groups is 1. The first-order chi connectivity index (χ1) is 13.1. The predicted molar refractivity (Wildman–Crippen MR) is 128 cm³/mol. The van der Waals surface area contributed by atoms with Crippen LogP contribution >= 0.6 is 24.0 Å². The molecule has 0 aliphatic rings. The quantitative estimate of drug-likeness (QED) is 0.228. The van der Waals surface area contributed by atoms with Crippen LogP contribution in [0.1, 0.15) is 38.3 Å². The van der Waals surface area contributed by atoms with Crippen molar-refractivity contribution in [2.75, 3.05) is 20.1 Å². The second-order valence-corrected chi connectivity index (χ2v) is 7.02. The second-order valence-electron chi connectivity index (χ2n) is 7.02. The van der Waals surface area contributed by atoms with Gasteiger partial charge in [-0.05, 0) is 51.4 Å². The maximum absolute atomic E-state index is 4.78. The number of nitrogens with one attached hydrogen (secondary N) is 2. The first kappa shape index (κ1) is 24.4. The molecule has 2 aromatic rings. The minimum Gasteiger partial charge on any atom is -0.357 e. The highest BCUT2D eigenvalue weighted by molar-refractivity contribution is 14.0. The zero-order valence-electron chi connectivity index (χ0n) is 17.6. The van der Waals surface area contributed by atoms with Gasteiger partial charge in [0.25, 0.3) is 0 Å². The molecule has 1 heterocycles. The van der Waals surface area contributed by atoms with Crippen LogP contribution in [0.4, 0.5) is 0 Å². The maximum atomic E-state index is 4.78. The van der Waals surface area contributed by atoms with Gasteiger partial charge in [-0.25, -0.2) is 4.99 Å². The van der Waals surface area contributed by atoms with E-state index < -0.39 is 0 Å². The lowest BCUT2D eigenvalue weighted by atomic mass is 10.1. The molecule has 0 aliphatic carbocycles. The maximum Gasteiger partial charge on any atom is 0.191 e. The number of aryl methyl sites for hydroxylation is 1. The molecule has 0 spiro atoms. The van der Waals surface area contributed by atoms with Crippen molar-refractivity contribution in [3.8, 4) is 0 Å². The molecule has 7 heteroatoms. The van der Waals surface area contributed by atoms with E-state index in [1.807, 2.05) is 23.1 Å². The topological polar surface area (TPSA) is 57.5 Å². The summed E-state index contributed by atoms with van der Waals surface area (Å²) in [4.78, 5) is 7.13. The molecule has 2 rings (SSSR count). The molecule has 0 amide bonds. The molecule has 1 aromatic carbocycles. The van der Waals surface area contributed by atoms with E-state index in [2.05, 4.69) is 72.7 Å². The minimum atomic E-state index is 0. The summed E-state index contributed by atoms with van der Waals surface area (Å²) in [5.74, 6) is 0.866. The third-order valence-electron chi connectivity index (χ3n) is 4.59. The van der Waals surface area contributed by atoms with E-state index in [1.165, 1.54) is 11.1 Å². The molecule has 1 aromatic heterocycles. The monoisotopic (exact) mass is 498 g/mol. The van der Waals surface area contributed by atoms with Crippen molar-refractivity contribution in [1.29, 1.82) is 0 Å². The Morgan fingerprint density at radius 3 is 2.57 bits per heavy atom. The van der Waals surface area contributed by atoms with Crippen LogP contribution in [-0.4, -0.2) is 46.8 Å². The van der Waals surface area contributed by atoms with Crippen LogP contribution in [0.5, 0.6) is 0 Å². The fourth-order valence-electron chi connectivity index (χ4n) is 2.70. The van der Waals surface area contributed by atoms with E-state index in [0.717, 1.165) is 38.6 Å². The molecule has 0 fully saturated rings. The average molecular weight is 498 g/mol. The molecule has 0 radical (unpaired) electrons. The highest BCUT2D eigenvalue weighted by atomic mass is 127. The van der Waals surface area contributed by atoms with Gasteiger partial charge in [-0.15, -0.1) is 24.0 Å². The van der Waals surface area contributed by atoms with Gasteiger partial charge in [-0.3, -0.25) is 9.58 Å². The fourth-order valence-corrected chi connectivity index (χ4v) is 2.70. The molecule has 28 heavy (non-hydrogen) atoms. The summed E-state index contributed by atoms with van der Waals surface area (Å²) in [6.07, 6.45) is 4.80. The van der Waals surface area contributed by atoms with Gasteiger partial charge < -0.3 is 10.6 Å². The van der Waals surface area contributed by atoms with E-state index in [9.17, 15) is 0 Å². The summed E-state index contributed by atoms with van der Waals surface area (Å²) < 4.78 is 1.95. The Hall–Kier alpha value is -1.61. The van der Waals surface area contributed by atoms with E-state index in [1.54, 1.807) is 0 Å². The van der Waals surface area contributed by atoms with Crippen LogP contribution in [0.25, 0.3) is 0 Å². The Balaban J connectivity index is 0.00000392. The number of aromatic nitrogens is 2. The molecule has 0 bridgehead atoms. The lowest BCUT2D eigenvalue weighted by Crippen LogP contribution is -2.38. The molecule has 0 saturated heterocycles. The van der Waals surface area contributed by atoms with Gasteiger partial charge in [0.1, 0.15) is 0 Å². The van der Waals surface area contributed by atoms with Crippen molar-refractivity contribution >= 4 is 29.9 Å². The first-order valence-electron chi connectivity index (χ1n) is 9.86. The Morgan fingerprint density at radius 2 is 1.93 bits per heavy atom. The molecule has 6 nitrogen and oxygen atoms in total. The lowest BCUT2D eigenvalue weighted by molar-refractivity contribution is 0.265. The zero-order chi connectivity index (χ0) is 19.5. The number of nitrogens with zero attached hydrogens (tertiary/aromatic N) is 4. The second kappa shape index (κ2) is 13.5. The number of rotatable bonds is 10. The van der Waals surface area contributed by atoms with Crippen LogP contribution in [0.15, 0.2) is 47.7 Å². The highest BCUT2D eigenvalue weighted by Gasteiger charge is 2.08. The summed E-state index contributed by atoms with van der Waals surface area (Å²) in [5.41, 5.74) is 2.62. The largest absolute Gasteiger partial charge is 0.357 e. The van der Waals surface area contributed by atoms with Gasteiger partial charge in [-0.1, -0.05) is 24.3 Å². The summed E-state index contributed by atoms with van der Waals surface area (Å²) in [6, 6.07) is 11.1. The van der Waals surface area contributed by atoms with Crippen molar-refractivity contribution in [2.45, 2.75) is 52.9 Å². The predicted octanol–water partition coefficient (Wildman–Crippen LogP) is 3.49. The first-order valence-corrected chi connectivity index (χ1v) is 9.86. The van der Waals surface area contributed by atoms with Crippen molar-refractivity contribution in [3.63, 3.8) is 0 Å². The average Bonchev–Trinajstić information content (AvgIpc) is 3.17. The summed E-state index contributed by atoms with van der Waals surface area (Å²) in [7, 11) is 2.16. The van der Waals surface area contributed by atoms with Crippen molar-refractivity contribution in [2.24, 2.45) is 4.99 Å². The Labute approximate surface area is 186 Å². The van der Waals surface area contributed by atoms with Crippen LogP contribution < -0.4 is 10.6 Å². The normalized spacial score (nSPS) is 11.6. The number of hydrogen-bond donors (Lipinski definition) is 2. The van der Waals surface area contributed by atoms with Gasteiger partial charge in [0.15, 0.2) is 5.96 Å². The third kappa shape index (κ3) is 8.60. The highest BCUT2D eigenvalue weighted by Crippen LogP contribution is 2.13. The van der Waals surface area contributed by atoms with Gasteiger partial charge >= 0.3 is 0 Å².